The van der Waals surface area contributed by atoms with Crippen molar-refractivity contribution in [1.29, 1.82) is 0 Å². The number of nitrogens with zero attached hydrogens (tertiary/aromatic N) is 2. The van der Waals surface area contributed by atoms with E-state index in [4.69, 9.17) is 4.74 Å². The van der Waals surface area contributed by atoms with E-state index in [0.29, 0.717) is 36.5 Å². The second kappa shape index (κ2) is 8.14. The Labute approximate surface area is 169 Å². The number of rotatable bonds is 3. The molecule has 0 atom stereocenters. The molecular weight excluding hydrogens is 366 g/mol. The number of fused-ring (bicyclic) bond motifs is 1. The summed E-state index contributed by atoms with van der Waals surface area (Å²) in [7, 11) is 0. The van der Waals surface area contributed by atoms with Crippen LogP contribution in [0.3, 0.4) is 0 Å². The van der Waals surface area contributed by atoms with Crippen LogP contribution in [0.1, 0.15) is 31.8 Å². The molecule has 6 heteroatoms. The quantitative estimate of drug-likeness (QED) is 0.744. The molecule has 4 rings (SSSR count). The molecule has 1 aliphatic rings. The van der Waals surface area contributed by atoms with E-state index in [9.17, 15) is 9.59 Å². The van der Waals surface area contributed by atoms with Gasteiger partial charge in [-0.05, 0) is 36.8 Å². The van der Waals surface area contributed by atoms with Crippen molar-refractivity contribution in [3.05, 3.63) is 89.2 Å². The average molecular weight is 387 g/mol. The van der Waals surface area contributed by atoms with Gasteiger partial charge in [-0.15, -0.1) is 0 Å². The number of aromatic nitrogens is 1. The number of para-hydroxylation sites is 2. The van der Waals surface area contributed by atoms with Gasteiger partial charge in [0.1, 0.15) is 12.4 Å². The second-order valence-electron chi connectivity index (χ2n) is 6.87. The fourth-order valence-electron chi connectivity index (χ4n) is 3.37. The van der Waals surface area contributed by atoms with E-state index in [1.165, 1.54) is 0 Å². The fourth-order valence-corrected chi connectivity index (χ4v) is 3.37. The molecule has 29 heavy (non-hydrogen) atoms. The van der Waals surface area contributed by atoms with Gasteiger partial charge in [0.25, 0.3) is 11.8 Å². The molecule has 3 aromatic rings. The number of carbonyl (C=O) groups is 2. The Morgan fingerprint density at radius 1 is 1.03 bits per heavy atom. The molecule has 1 N–H and O–H groups in total. The fraction of sp³-hybridized carbons (Fsp3) is 0.174. The number of aryl methyl sites for hydroxylation is 1. The monoisotopic (exact) mass is 387 g/mol. The van der Waals surface area contributed by atoms with Gasteiger partial charge < -0.3 is 15.0 Å². The third-order valence-electron chi connectivity index (χ3n) is 4.92. The maximum absolute atomic E-state index is 13.4. The SMILES string of the molecule is Cc1cccc(C(=O)N2CCOc3ccccc3C2)c1NC(=O)c1ccncc1. The lowest BCUT2D eigenvalue weighted by Crippen LogP contribution is -2.33. The molecule has 0 aliphatic carbocycles. The summed E-state index contributed by atoms with van der Waals surface area (Å²) in [4.78, 5) is 31.7. The molecule has 2 heterocycles. The van der Waals surface area contributed by atoms with Crippen molar-refractivity contribution >= 4 is 17.5 Å². The summed E-state index contributed by atoms with van der Waals surface area (Å²) in [5, 5.41) is 2.90. The topological polar surface area (TPSA) is 71.5 Å². The highest BCUT2D eigenvalue weighted by Gasteiger charge is 2.24. The van der Waals surface area contributed by atoms with Crippen LogP contribution in [0.2, 0.25) is 0 Å². The van der Waals surface area contributed by atoms with Gasteiger partial charge in [0.05, 0.1) is 17.8 Å². The summed E-state index contributed by atoms with van der Waals surface area (Å²) in [6, 6.07) is 16.4. The largest absolute Gasteiger partial charge is 0.491 e. The van der Waals surface area contributed by atoms with E-state index in [-0.39, 0.29) is 11.8 Å². The molecule has 2 amide bonds. The van der Waals surface area contributed by atoms with E-state index in [2.05, 4.69) is 10.3 Å². The third kappa shape index (κ3) is 3.96. The molecule has 146 valence electrons. The lowest BCUT2D eigenvalue weighted by Gasteiger charge is -2.22. The summed E-state index contributed by atoms with van der Waals surface area (Å²) >= 11 is 0. The number of nitrogens with one attached hydrogen (secondary N) is 1. The number of benzene rings is 2. The van der Waals surface area contributed by atoms with Crippen LogP contribution in [0.15, 0.2) is 67.0 Å². The van der Waals surface area contributed by atoms with E-state index in [1.807, 2.05) is 43.3 Å². The zero-order chi connectivity index (χ0) is 20.2. The highest BCUT2D eigenvalue weighted by molar-refractivity contribution is 6.09. The van der Waals surface area contributed by atoms with Crippen molar-refractivity contribution < 1.29 is 14.3 Å². The predicted octanol–water partition coefficient (Wildman–Crippen LogP) is 3.68. The molecular formula is C23H21N3O3. The highest BCUT2D eigenvalue weighted by atomic mass is 16.5. The van der Waals surface area contributed by atoms with Crippen molar-refractivity contribution in [2.45, 2.75) is 13.5 Å². The Kier molecular flexibility index (Phi) is 5.24. The molecule has 0 saturated heterocycles. The van der Waals surface area contributed by atoms with Crippen LogP contribution in [0.5, 0.6) is 5.75 Å². The summed E-state index contributed by atoms with van der Waals surface area (Å²) in [5.41, 5.74) is 3.27. The van der Waals surface area contributed by atoms with E-state index in [1.54, 1.807) is 35.5 Å². The zero-order valence-electron chi connectivity index (χ0n) is 16.1. The van der Waals surface area contributed by atoms with Crippen LogP contribution in [-0.4, -0.2) is 34.8 Å². The summed E-state index contributed by atoms with van der Waals surface area (Å²) < 4.78 is 5.77. The first-order valence-corrected chi connectivity index (χ1v) is 9.44. The number of hydrogen-bond acceptors (Lipinski definition) is 4. The Bertz CT molecular complexity index is 1050. The van der Waals surface area contributed by atoms with Gasteiger partial charge in [-0.25, -0.2) is 0 Å². The van der Waals surface area contributed by atoms with Gasteiger partial charge >= 0.3 is 0 Å². The Balaban J connectivity index is 1.62. The first kappa shape index (κ1) is 18.7. The minimum absolute atomic E-state index is 0.140. The number of pyridine rings is 1. The molecule has 1 aliphatic heterocycles. The Morgan fingerprint density at radius 2 is 1.83 bits per heavy atom. The van der Waals surface area contributed by atoms with Crippen LogP contribution in [-0.2, 0) is 6.54 Å². The maximum Gasteiger partial charge on any atom is 0.256 e. The molecule has 0 spiro atoms. The third-order valence-corrected chi connectivity index (χ3v) is 4.92. The van der Waals surface area contributed by atoms with Gasteiger partial charge in [-0.2, -0.15) is 0 Å². The van der Waals surface area contributed by atoms with Crippen LogP contribution in [0.4, 0.5) is 5.69 Å². The van der Waals surface area contributed by atoms with Crippen molar-refractivity contribution in [2.24, 2.45) is 0 Å². The smallest absolute Gasteiger partial charge is 0.256 e. The van der Waals surface area contributed by atoms with Crippen molar-refractivity contribution in [3.8, 4) is 5.75 Å². The molecule has 0 fully saturated rings. The molecule has 0 bridgehead atoms. The summed E-state index contributed by atoms with van der Waals surface area (Å²) in [5.74, 6) is 0.387. The Hall–Kier alpha value is -3.67. The number of anilines is 1. The zero-order valence-corrected chi connectivity index (χ0v) is 16.1. The van der Waals surface area contributed by atoms with Crippen LogP contribution >= 0.6 is 0 Å². The minimum Gasteiger partial charge on any atom is -0.491 e. The van der Waals surface area contributed by atoms with Gasteiger partial charge in [0, 0.05) is 30.1 Å². The minimum atomic E-state index is -0.278. The molecule has 0 unspecified atom stereocenters. The van der Waals surface area contributed by atoms with Gasteiger partial charge in [-0.1, -0.05) is 30.3 Å². The van der Waals surface area contributed by atoms with Gasteiger partial charge in [0.15, 0.2) is 0 Å². The van der Waals surface area contributed by atoms with Crippen molar-refractivity contribution in [2.75, 3.05) is 18.5 Å². The first-order valence-electron chi connectivity index (χ1n) is 9.44. The molecule has 6 nitrogen and oxygen atoms in total. The first-order chi connectivity index (χ1) is 14.1. The maximum atomic E-state index is 13.4. The summed E-state index contributed by atoms with van der Waals surface area (Å²) in [6.07, 6.45) is 3.13. The molecule has 0 saturated carbocycles. The number of carbonyl (C=O) groups excluding carboxylic acids is 2. The van der Waals surface area contributed by atoms with E-state index in [0.717, 1.165) is 16.9 Å². The molecule has 0 radical (unpaired) electrons. The molecule has 2 aromatic carbocycles. The van der Waals surface area contributed by atoms with Crippen LogP contribution in [0.25, 0.3) is 0 Å². The molecule has 1 aromatic heterocycles. The van der Waals surface area contributed by atoms with Crippen LogP contribution < -0.4 is 10.1 Å². The van der Waals surface area contributed by atoms with Crippen molar-refractivity contribution in [3.63, 3.8) is 0 Å². The second-order valence-corrected chi connectivity index (χ2v) is 6.87. The predicted molar refractivity (Wildman–Crippen MR) is 110 cm³/mol. The van der Waals surface area contributed by atoms with Gasteiger partial charge in [0.2, 0.25) is 0 Å². The van der Waals surface area contributed by atoms with Crippen molar-refractivity contribution in [1.82, 2.24) is 9.88 Å². The Morgan fingerprint density at radius 3 is 2.66 bits per heavy atom. The average Bonchev–Trinajstić information content (AvgIpc) is 2.98. The van der Waals surface area contributed by atoms with Crippen LogP contribution in [0, 0.1) is 6.92 Å². The number of ether oxygens (including phenoxy) is 1. The lowest BCUT2D eigenvalue weighted by atomic mass is 10.1. The van der Waals surface area contributed by atoms with E-state index >= 15 is 0 Å². The normalized spacial score (nSPS) is 13.1. The number of amides is 2. The standard InChI is InChI=1S/C23H21N3O3/c1-16-5-4-7-19(21(16)25-22(27)17-9-11-24-12-10-17)23(28)26-13-14-29-20-8-3-2-6-18(20)15-26/h2-12H,13-15H2,1H3,(H,25,27). The highest BCUT2D eigenvalue weighted by Crippen LogP contribution is 2.27. The lowest BCUT2D eigenvalue weighted by molar-refractivity contribution is 0.0734. The van der Waals surface area contributed by atoms with Gasteiger partial charge in [-0.3, -0.25) is 14.6 Å². The summed E-state index contributed by atoms with van der Waals surface area (Å²) in [6.45, 7) is 3.23. The number of hydrogen-bond donors (Lipinski definition) is 1. The van der Waals surface area contributed by atoms with E-state index < -0.39 is 0 Å².